The monoisotopic (exact) mass is 249 g/mol. The van der Waals surface area contributed by atoms with E-state index >= 15 is 0 Å². The molecule has 1 heterocycles. The lowest BCUT2D eigenvalue weighted by Crippen LogP contribution is -1.80. The molecule has 1 rings (SSSR count). The van der Waals surface area contributed by atoms with Gasteiger partial charge < -0.3 is 0 Å². The molecule has 0 atom stereocenters. The summed E-state index contributed by atoms with van der Waals surface area (Å²) in [5, 5.41) is 0. The summed E-state index contributed by atoms with van der Waals surface area (Å²) in [6, 6.07) is 1.90. The molecule has 48 valence electrons. The maximum absolute atomic E-state index is 4.06. The van der Waals surface area contributed by atoms with Crippen molar-refractivity contribution in [3.05, 3.63) is 26.9 Å². The molecule has 0 aliphatic heterocycles. The summed E-state index contributed by atoms with van der Waals surface area (Å²) >= 11 is 6.73. The number of aryl methyl sites for hydroxylation is 1. The molecular formula is C6H5Br2N. The predicted molar refractivity (Wildman–Crippen MR) is 44.4 cm³/mol. The van der Waals surface area contributed by atoms with Gasteiger partial charge in [-0.15, -0.1) is 0 Å². The largest absolute Gasteiger partial charge is 0.260 e. The number of rotatable bonds is 0. The van der Waals surface area contributed by atoms with Gasteiger partial charge in [0.2, 0.25) is 0 Å². The molecule has 0 N–H and O–H groups in total. The van der Waals surface area contributed by atoms with Crippen molar-refractivity contribution < 1.29 is 0 Å². The fourth-order valence-corrected chi connectivity index (χ4v) is 1.16. The molecular weight excluding hydrogens is 246 g/mol. The number of hydrogen-bond donors (Lipinski definition) is 0. The van der Waals surface area contributed by atoms with E-state index in [0.29, 0.717) is 0 Å². The quantitative estimate of drug-likeness (QED) is 0.690. The molecule has 3 heteroatoms. The van der Waals surface area contributed by atoms with E-state index in [2.05, 4.69) is 36.8 Å². The van der Waals surface area contributed by atoms with Gasteiger partial charge in [-0.1, -0.05) is 0 Å². The van der Waals surface area contributed by atoms with E-state index < -0.39 is 0 Å². The predicted octanol–water partition coefficient (Wildman–Crippen LogP) is 2.92. The van der Waals surface area contributed by atoms with Gasteiger partial charge in [0, 0.05) is 10.7 Å². The average Bonchev–Trinajstić information content (AvgIpc) is 1.83. The van der Waals surface area contributed by atoms with E-state index in [1.807, 2.05) is 13.0 Å². The Morgan fingerprint density at radius 1 is 1.44 bits per heavy atom. The highest BCUT2D eigenvalue weighted by atomic mass is 79.9. The second kappa shape index (κ2) is 2.80. The Balaban J connectivity index is 3.25. The molecule has 0 aliphatic rings. The molecule has 9 heavy (non-hydrogen) atoms. The number of nitrogens with zero attached hydrogens (tertiary/aromatic N) is 1. The van der Waals surface area contributed by atoms with Gasteiger partial charge in [-0.25, -0.2) is 0 Å². The molecule has 0 fully saturated rings. The molecule has 0 spiro atoms. The SMILES string of the molecule is Cc1nccc(Br)c1Br. The van der Waals surface area contributed by atoms with Crippen LogP contribution < -0.4 is 0 Å². The Morgan fingerprint density at radius 2 is 2.11 bits per heavy atom. The molecule has 0 aliphatic carbocycles. The van der Waals surface area contributed by atoms with Crippen LogP contribution in [0.5, 0.6) is 0 Å². The van der Waals surface area contributed by atoms with Crippen LogP contribution in [0.4, 0.5) is 0 Å². The van der Waals surface area contributed by atoms with Crippen molar-refractivity contribution in [1.82, 2.24) is 4.98 Å². The van der Waals surface area contributed by atoms with Gasteiger partial charge in [-0.05, 0) is 44.8 Å². The molecule has 0 radical (unpaired) electrons. The summed E-state index contributed by atoms with van der Waals surface area (Å²) in [4.78, 5) is 4.06. The van der Waals surface area contributed by atoms with Gasteiger partial charge in [0.1, 0.15) is 0 Å². The average molecular weight is 251 g/mol. The van der Waals surface area contributed by atoms with E-state index in [9.17, 15) is 0 Å². The van der Waals surface area contributed by atoms with Crippen LogP contribution in [0.25, 0.3) is 0 Å². The van der Waals surface area contributed by atoms with Gasteiger partial charge in [-0.2, -0.15) is 0 Å². The Labute approximate surface area is 70.8 Å². The summed E-state index contributed by atoms with van der Waals surface area (Å²) < 4.78 is 2.08. The van der Waals surface area contributed by atoms with Crippen LogP contribution in [0.1, 0.15) is 5.69 Å². The van der Waals surface area contributed by atoms with Crippen molar-refractivity contribution in [3.8, 4) is 0 Å². The first kappa shape index (κ1) is 7.22. The maximum atomic E-state index is 4.06. The third kappa shape index (κ3) is 1.52. The van der Waals surface area contributed by atoms with Gasteiger partial charge in [0.25, 0.3) is 0 Å². The normalized spacial score (nSPS) is 9.67. The first-order valence-electron chi connectivity index (χ1n) is 2.48. The van der Waals surface area contributed by atoms with Crippen LogP contribution in [-0.4, -0.2) is 4.98 Å². The number of pyridine rings is 1. The van der Waals surface area contributed by atoms with Crippen molar-refractivity contribution in [2.45, 2.75) is 6.92 Å². The second-order valence-corrected chi connectivity index (χ2v) is 3.34. The lowest BCUT2D eigenvalue weighted by Gasteiger charge is -1.96. The van der Waals surface area contributed by atoms with E-state index in [1.165, 1.54) is 0 Å². The van der Waals surface area contributed by atoms with Crippen LogP contribution in [0.2, 0.25) is 0 Å². The highest BCUT2D eigenvalue weighted by Crippen LogP contribution is 2.23. The Morgan fingerprint density at radius 3 is 2.56 bits per heavy atom. The molecule has 0 bridgehead atoms. The third-order valence-electron chi connectivity index (χ3n) is 1.02. The van der Waals surface area contributed by atoms with Gasteiger partial charge in [0.05, 0.1) is 10.2 Å². The van der Waals surface area contributed by atoms with Crippen molar-refractivity contribution in [3.63, 3.8) is 0 Å². The Kier molecular flexibility index (Phi) is 2.24. The van der Waals surface area contributed by atoms with Gasteiger partial charge in [0.15, 0.2) is 0 Å². The van der Waals surface area contributed by atoms with Crippen LogP contribution in [-0.2, 0) is 0 Å². The summed E-state index contributed by atoms with van der Waals surface area (Å²) in [6.45, 7) is 1.95. The smallest absolute Gasteiger partial charge is 0.0530 e. The lowest BCUT2D eigenvalue weighted by molar-refractivity contribution is 1.17. The first-order valence-corrected chi connectivity index (χ1v) is 4.07. The first-order chi connectivity index (χ1) is 4.22. The van der Waals surface area contributed by atoms with E-state index in [4.69, 9.17) is 0 Å². The van der Waals surface area contributed by atoms with Crippen LogP contribution in [0, 0.1) is 6.92 Å². The molecule has 0 saturated carbocycles. The summed E-state index contributed by atoms with van der Waals surface area (Å²) in [5.74, 6) is 0. The van der Waals surface area contributed by atoms with Crippen molar-refractivity contribution in [1.29, 1.82) is 0 Å². The fraction of sp³-hybridized carbons (Fsp3) is 0.167. The van der Waals surface area contributed by atoms with E-state index in [0.717, 1.165) is 14.6 Å². The summed E-state index contributed by atoms with van der Waals surface area (Å²) in [5.41, 5.74) is 1.00. The highest BCUT2D eigenvalue weighted by molar-refractivity contribution is 9.13. The highest BCUT2D eigenvalue weighted by Gasteiger charge is 1.97. The zero-order chi connectivity index (χ0) is 6.85. The minimum atomic E-state index is 1.00. The van der Waals surface area contributed by atoms with Crippen LogP contribution in [0.15, 0.2) is 21.2 Å². The second-order valence-electron chi connectivity index (χ2n) is 1.69. The van der Waals surface area contributed by atoms with Gasteiger partial charge in [-0.3, -0.25) is 4.98 Å². The van der Waals surface area contributed by atoms with E-state index in [-0.39, 0.29) is 0 Å². The van der Waals surface area contributed by atoms with E-state index in [1.54, 1.807) is 6.20 Å². The van der Waals surface area contributed by atoms with Crippen molar-refractivity contribution in [2.75, 3.05) is 0 Å². The van der Waals surface area contributed by atoms with Crippen molar-refractivity contribution >= 4 is 31.9 Å². The number of aromatic nitrogens is 1. The van der Waals surface area contributed by atoms with Gasteiger partial charge >= 0.3 is 0 Å². The Hall–Kier alpha value is 0.110. The Bertz CT molecular complexity index is 202. The number of hydrogen-bond acceptors (Lipinski definition) is 1. The lowest BCUT2D eigenvalue weighted by atomic mass is 10.4. The summed E-state index contributed by atoms with van der Waals surface area (Å²) in [7, 11) is 0. The third-order valence-corrected chi connectivity index (χ3v) is 3.21. The van der Waals surface area contributed by atoms with Crippen LogP contribution >= 0.6 is 31.9 Å². The molecule has 0 saturated heterocycles. The molecule has 0 aromatic carbocycles. The molecule has 1 aromatic heterocycles. The standard InChI is InChI=1S/C6H5Br2N/c1-4-6(8)5(7)2-3-9-4/h2-3H,1H3. The number of halogens is 2. The zero-order valence-corrected chi connectivity index (χ0v) is 8.03. The fourth-order valence-electron chi connectivity index (χ4n) is 0.517. The topological polar surface area (TPSA) is 12.9 Å². The maximum Gasteiger partial charge on any atom is 0.0530 e. The molecule has 1 aromatic rings. The minimum absolute atomic E-state index is 1.00. The van der Waals surface area contributed by atoms with Crippen LogP contribution in [0.3, 0.4) is 0 Å². The molecule has 0 amide bonds. The summed E-state index contributed by atoms with van der Waals surface area (Å²) in [6.07, 6.45) is 1.77. The molecule has 0 unspecified atom stereocenters. The minimum Gasteiger partial charge on any atom is -0.260 e. The zero-order valence-electron chi connectivity index (χ0n) is 4.86. The van der Waals surface area contributed by atoms with Crippen molar-refractivity contribution in [2.24, 2.45) is 0 Å². The molecule has 1 nitrogen and oxygen atoms in total.